The van der Waals surface area contributed by atoms with Gasteiger partial charge in [-0.25, -0.2) is 0 Å². The third-order valence-corrected chi connectivity index (χ3v) is 4.71. The fourth-order valence-electron chi connectivity index (χ4n) is 3.57. The minimum Gasteiger partial charge on any atom is -0.339 e. The normalized spacial score (nSPS) is 28.1. The van der Waals surface area contributed by atoms with Crippen LogP contribution in [0.3, 0.4) is 0 Å². The fourth-order valence-corrected chi connectivity index (χ4v) is 3.57. The van der Waals surface area contributed by atoms with Crippen LogP contribution >= 0.6 is 0 Å². The Morgan fingerprint density at radius 3 is 2.95 bits per heavy atom. The van der Waals surface area contributed by atoms with E-state index in [2.05, 4.69) is 46.6 Å². The summed E-state index contributed by atoms with van der Waals surface area (Å²) in [5.41, 5.74) is 2.55. The molecule has 2 saturated heterocycles. The number of rotatable bonds is 3. The number of nitrogens with zero attached hydrogens (tertiary/aromatic N) is 2. The molecule has 4 heteroatoms. The predicted octanol–water partition coefficient (Wildman–Crippen LogP) is 2.58. The van der Waals surface area contributed by atoms with E-state index in [0.717, 1.165) is 24.6 Å². The van der Waals surface area contributed by atoms with Crippen LogP contribution in [0.25, 0.3) is 0 Å². The van der Waals surface area contributed by atoms with Gasteiger partial charge in [0.2, 0.25) is 5.89 Å². The molecule has 1 N–H and O–H groups in total. The maximum Gasteiger partial charge on any atom is 0.231 e. The molecule has 4 rings (SSSR count). The number of benzene rings is 1. The summed E-state index contributed by atoms with van der Waals surface area (Å²) in [6.45, 7) is 2.12. The average Bonchev–Trinajstić information content (AvgIpc) is 3.16. The van der Waals surface area contributed by atoms with Gasteiger partial charge in [-0.3, -0.25) is 0 Å². The lowest BCUT2D eigenvalue weighted by molar-refractivity contribution is 0.327. The molecule has 3 heterocycles. The molecule has 1 aromatic carbocycles. The van der Waals surface area contributed by atoms with E-state index in [-0.39, 0.29) is 0 Å². The van der Waals surface area contributed by atoms with Crippen LogP contribution in [0, 0.1) is 6.92 Å². The molecule has 20 heavy (non-hydrogen) atoms. The lowest BCUT2D eigenvalue weighted by Crippen LogP contribution is -2.21. The molecule has 3 atom stereocenters. The molecule has 104 valence electrons. The van der Waals surface area contributed by atoms with Crippen molar-refractivity contribution in [2.24, 2.45) is 0 Å². The van der Waals surface area contributed by atoms with E-state index in [9.17, 15) is 0 Å². The Bertz CT molecular complexity index is 622. The Hall–Kier alpha value is -1.68. The van der Waals surface area contributed by atoms with Gasteiger partial charge in [-0.2, -0.15) is 4.98 Å². The van der Waals surface area contributed by atoms with Gasteiger partial charge >= 0.3 is 0 Å². The first-order valence-electron chi connectivity index (χ1n) is 7.42. The Labute approximate surface area is 118 Å². The number of fused-ring (bicyclic) bond motifs is 2. The zero-order valence-electron chi connectivity index (χ0n) is 11.7. The summed E-state index contributed by atoms with van der Waals surface area (Å²) in [6, 6.07) is 9.58. The molecule has 2 aliphatic heterocycles. The van der Waals surface area contributed by atoms with Crippen molar-refractivity contribution < 1.29 is 4.52 Å². The third kappa shape index (κ3) is 2.04. The predicted molar refractivity (Wildman–Crippen MR) is 75.6 cm³/mol. The van der Waals surface area contributed by atoms with Crippen LogP contribution in [-0.2, 0) is 6.42 Å². The number of hydrogen-bond acceptors (Lipinski definition) is 4. The molecule has 2 aromatic rings. The van der Waals surface area contributed by atoms with Crippen molar-refractivity contribution in [3.8, 4) is 0 Å². The number of hydrogen-bond donors (Lipinski definition) is 1. The first-order valence-corrected chi connectivity index (χ1v) is 7.42. The van der Waals surface area contributed by atoms with Crippen LogP contribution in [0.4, 0.5) is 0 Å². The molecular formula is C16H19N3O. The summed E-state index contributed by atoms with van der Waals surface area (Å²) in [7, 11) is 0. The second-order valence-corrected chi connectivity index (χ2v) is 6.04. The Morgan fingerprint density at radius 1 is 1.30 bits per heavy atom. The van der Waals surface area contributed by atoms with Gasteiger partial charge in [0.25, 0.3) is 0 Å². The SMILES string of the molecule is Cc1ccccc1Cc1noc(C2CC3CCC2N3)n1. The summed E-state index contributed by atoms with van der Waals surface area (Å²) in [4.78, 5) is 4.63. The van der Waals surface area contributed by atoms with Gasteiger partial charge < -0.3 is 9.84 Å². The van der Waals surface area contributed by atoms with Gasteiger partial charge in [-0.05, 0) is 37.3 Å². The van der Waals surface area contributed by atoms with E-state index in [1.54, 1.807) is 0 Å². The molecule has 3 unspecified atom stereocenters. The Morgan fingerprint density at radius 2 is 2.20 bits per heavy atom. The molecule has 2 bridgehead atoms. The van der Waals surface area contributed by atoms with E-state index in [0.29, 0.717) is 18.0 Å². The van der Waals surface area contributed by atoms with Crippen LogP contribution < -0.4 is 5.32 Å². The highest BCUT2D eigenvalue weighted by molar-refractivity contribution is 5.28. The second-order valence-electron chi connectivity index (χ2n) is 6.04. The van der Waals surface area contributed by atoms with Crippen LogP contribution in [0.15, 0.2) is 28.8 Å². The van der Waals surface area contributed by atoms with Crippen LogP contribution in [0.1, 0.15) is 48.0 Å². The van der Waals surface area contributed by atoms with E-state index in [4.69, 9.17) is 4.52 Å². The van der Waals surface area contributed by atoms with Crippen LogP contribution in [-0.4, -0.2) is 22.2 Å². The minimum absolute atomic E-state index is 0.423. The number of aromatic nitrogens is 2. The summed E-state index contributed by atoms with van der Waals surface area (Å²) in [5.74, 6) is 2.05. The van der Waals surface area contributed by atoms with Gasteiger partial charge in [0.15, 0.2) is 5.82 Å². The molecule has 2 aliphatic rings. The van der Waals surface area contributed by atoms with Gasteiger partial charge in [-0.15, -0.1) is 0 Å². The van der Waals surface area contributed by atoms with Gasteiger partial charge in [0.1, 0.15) is 0 Å². The van der Waals surface area contributed by atoms with Crippen molar-refractivity contribution in [2.75, 3.05) is 0 Å². The molecule has 1 aromatic heterocycles. The average molecular weight is 269 g/mol. The van der Waals surface area contributed by atoms with E-state index < -0.39 is 0 Å². The van der Waals surface area contributed by atoms with Crippen molar-refractivity contribution >= 4 is 0 Å². The van der Waals surface area contributed by atoms with Crippen molar-refractivity contribution in [3.05, 3.63) is 47.1 Å². The standard InChI is InChI=1S/C16H19N3O/c1-10-4-2-3-5-11(10)8-15-18-16(20-19-15)13-9-12-6-7-14(13)17-12/h2-5,12-14,17H,6-9H2,1H3. The molecule has 0 amide bonds. The highest BCUT2D eigenvalue weighted by atomic mass is 16.5. The van der Waals surface area contributed by atoms with Crippen LogP contribution in [0.2, 0.25) is 0 Å². The second kappa shape index (κ2) is 4.70. The van der Waals surface area contributed by atoms with E-state index >= 15 is 0 Å². The van der Waals surface area contributed by atoms with Crippen molar-refractivity contribution in [1.29, 1.82) is 0 Å². The molecule has 4 nitrogen and oxygen atoms in total. The highest BCUT2D eigenvalue weighted by Gasteiger charge is 2.42. The number of aryl methyl sites for hydroxylation is 1. The van der Waals surface area contributed by atoms with Crippen LogP contribution in [0.5, 0.6) is 0 Å². The minimum atomic E-state index is 0.423. The maximum absolute atomic E-state index is 5.51. The summed E-state index contributed by atoms with van der Waals surface area (Å²) in [6.07, 6.45) is 4.44. The fraction of sp³-hybridized carbons (Fsp3) is 0.500. The zero-order valence-corrected chi connectivity index (χ0v) is 11.7. The molecule has 0 spiro atoms. The van der Waals surface area contributed by atoms with Gasteiger partial charge in [0.05, 0.1) is 5.92 Å². The molecule has 0 radical (unpaired) electrons. The topological polar surface area (TPSA) is 51.0 Å². The Balaban J connectivity index is 1.52. The van der Waals surface area contributed by atoms with Gasteiger partial charge in [0, 0.05) is 18.5 Å². The molecule has 2 fully saturated rings. The first-order chi connectivity index (χ1) is 9.79. The van der Waals surface area contributed by atoms with Gasteiger partial charge in [-0.1, -0.05) is 29.4 Å². The monoisotopic (exact) mass is 269 g/mol. The summed E-state index contributed by atoms with van der Waals surface area (Å²) >= 11 is 0. The lowest BCUT2D eigenvalue weighted by Gasteiger charge is -2.15. The molecule has 0 saturated carbocycles. The zero-order chi connectivity index (χ0) is 13.5. The molecule has 0 aliphatic carbocycles. The van der Waals surface area contributed by atoms with Crippen molar-refractivity contribution in [2.45, 2.75) is 50.6 Å². The number of nitrogens with one attached hydrogen (secondary N) is 1. The van der Waals surface area contributed by atoms with Crippen molar-refractivity contribution in [3.63, 3.8) is 0 Å². The smallest absolute Gasteiger partial charge is 0.231 e. The Kier molecular flexibility index (Phi) is 2.84. The quantitative estimate of drug-likeness (QED) is 0.930. The highest BCUT2D eigenvalue weighted by Crippen LogP contribution is 2.39. The van der Waals surface area contributed by atoms with E-state index in [1.165, 1.54) is 24.0 Å². The third-order valence-electron chi connectivity index (χ3n) is 4.71. The molecular weight excluding hydrogens is 250 g/mol. The van der Waals surface area contributed by atoms with Crippen molar-refractivity contribution in [1.82, 2.24) is 15.5 Å². The first kappa shape index (κ1) is 12.1. The summed E-state index contributed by atoms with van der Waals surface area (Å²) < 4.78 is 5.51. The largest absolute Gasteiger partial charge is 0.339 e. The van der Waals surface area contributed by atoms with E-state index in [1.807, 2.05) is 0 Å². The summed E-state index contributed by atoms with van der Waals surface area (Å²) in [5, 5.41) is 7.78. The lowest BCUT2D eigenvalue weighted by atomic mass is 9.89. The maximum atomic E-state index is 5.51.